The van der Waals surface area contributed by atoms with E-state index in [1.54, 1.807) is 7.11 Å². The fraction of sp³-hybridized carbons (Fsp3) is 0.344. The lowest BCUT2D eigenvalue weighted by molar-refractivity contribution is 0.0968. The van der Waals surface area contributed by atoms with E-state index in [1.807, 2.05) is 12.4 Å². The van der Waals surface area contributed by atoms with E-state index in [-0.39, 0.29) is 6.67 Å². The Kier molecular flexibility index (Phi) is 6.79. The van der Waals surface area contributed by atoms with Crippen LogP contribution in [0.3, 0.4) is 0 Å². The van der Waals surface area contributed by atoms with Crippen molar-refractivity contribution in [1.29, 1.82) is 0 Å². The summed E-state index contributed by atoms with van der Waals surface area (Å²) in [6.07, 6.45) is 8.78. The van der Waals surface area contributed by atoms with Crippen molar-refractivity contribution in [3.63, 3.8) is 0 Å². The van der Waals surface area contributed by atoms with Crippen LogP contribution in [0.15, 0.2) is 67.0 Å². The molecule has 5 heteroatoms. The Morgan fingerprint density at radius 1 is 1.03 bits per heavy atom. The second-order valence-corrected chi connectivity index (χ2v) is 10.4. The van der Waals surface area contributed by atoms with Crippen molar-refractivity contribution < 1.29 is 9.13 Å². The summed E-state index contributed by atoms with van der Waals surface area (Å²) in [6.45, 7) is 2.84. The minimum absolute atomic E-state index is 0.217. The van der Waals surface area contributed by atoms with Crippen molar-refractivity contribution in [3.05, 3.63) is 94.8 Å². The van der Waals surface area contributed by atoms with Crippen molar-refractivity contribution in [1.82, 2.24) is 14.9 Å². The maximum absolute atomic E-state index is 12.5. The number of halogens is 1. The number of alkyl halides is 1. The number of rotatable bonds is 8. The third kappa shape index (κ3) is 4.80. The molecule has 0 saturated carbocycles. The van der Waals surface area contributed by atoms with Crippen LogP contribution < -0.4 is 4.74 Å². The van der Waals surface area contributed by atoms with Gasteiger partial charge in [-0.25, -0.2) is 4.98 Å². The lowest BCUT2D eigenvalue weighted by atomic mass is 9.86. The first-order valence-corrected chi connectivity index (χ1v) is 13.4. The number of ether oxygens (including phenoxy) is 1. The van der Waals surface area contributed by atoms with E-state index in [0.29, 0.717) is 18.2 Å². The van der Waals surface area contributed by atoms with Crippen LogP contribution in [0.4, 0.5) is 4.39 Å². The number of hydrogen-bond acceptors (Lipinski definition) is 3. The van der Waals surface area contributed by atoms with Crippen LogP contribution in [0.1, 0.15) is 47.1 Å². The number of benzene rings is 2. The predicted octanol–water partition coefficient (Wildman–Crippen LogP) is 6.70. The molecule has 37 heavy (non-hydrogen) atoms. The second-order valence-electron chi connectivity index (χ2n) is 10.4. The van der Waals surface area contributed by atoms with E-state index in [1.165, 1.54) is 49.9 Å². The summed E-state index contributed by atoms with van der Waals surface area (Å²) in [7, 11) is 1.67. The van der Waals surface area contributed by atoms with Gasteiger partial charge in [-0.15, -0.1) is 0 Å². The highest BCUT2D eigenvalue weighted by Gasteiger charge is 2.26. The largest absolute Gasteiger partial charge is 0.481 e. The van der Waals surface area contributed by atoms with Gasteiger partial charge in [-0.3, -0.25) is 4.39 Å². The fourth-order valence-electron chi connectivity index (χ4n) is 6.17. The smallest absolute Gasteiger partial charge is 0.213 e. The van der Waals surface area contributed by atoms with Crippen molar-refractivity contribution >= 4 is 22.0 Å². The normalized spacial score (nSPS) is 16.5. The Hall–Kier alpha value is -3.44. The SMILES string of the molecule is COc1cc(C2=C(c3ccc(CC4CN(CCCF)C4)cc3)c3ccc4[nH]ccc4c3CCC2)ccn1. The van der Waals surface area contributed by atoms with Crippen molar-refractivity contribution in [3.8, 4) is 5.88 Å². The van der Waals surface area contributed by atoms with Gasteiger partial charge < -0.3 is 14.6 Å². The Labute approximate surface area is 218 Å². The molecule has 1 fully saturated rings. The zero-order valence-electron chi connectivity index (χ0n) is 21.5. The second kappa shape index (κ2) is 10.5. The van der Waals surface area contributed by atoms with Gasteiger partial charge in [0.15, 0.2) is 0 Å². The minimum Gasteiger partial charge on any atom is -0.481 e. The number of aromatic amines is 1. The van der Waals surface area contributed by atoms with Gasteiger partial charge in [0, 0.05) is 49.0 Å². The Bertz CT molecular complexity index is 1420. The van der Waals surface area contributed by atoms with Crippen molar-refractivity contribution in [2.75, 3.05) is 33.4 Å². The summed E-state index contributed by atoms with van der Waals surface area (Å²) >= 11 is 0. The molecule has 0 spiro atoms. The molecule has 190 valence electrons. The molecule has 0 unspecified atom stereocenters. The average Bonchev–Trinajstić information content (AvgIpc) is 3.31. The van der Waals surface area contributed by atoms with Crippen LogP contribution in [0.25, 0.3) is 22.0 Å². The molecular formula is C32H34FN3O. The number of pyridine rings is 1. The van der Waals surface area contributed by atoms with Gasteiger partial charge in [-0.05, 0) is 95.2 Å². The number of aryl methyl sites for hydroxylation is 1. The van der Waals surface area contributed by atoms with Gasteiger partial charge in [-0.2, -0.15) is 0 Å². The lowest BCUT2D eigenvalue weighted by Gasteiger charge is -2.39. The van der Waals surface area contributed by atoms with Crippen LogP contribution in [-0.4, -0.2) is 48.3 Å². The van der Waals surface area contributed by atoms with E-state index in [9.17, 15) is 4.39 Å². The number of hydrogen-bond donors (Lipinski definition) is 1. The molecule has 3 heterocycles. The molecule has 4 nitrogen and oxygen atoms in total. The van der Waals surface area contributed by atoms with Gasteiger partial charge in [-0.1, -0.05) is 30.3 Å². The molecule has 1 N–H and O–H groups in total. The summed E-state index contributed by atoms with van der Waals surface area (Å²) in [5.74, 6) is 1.32. The number of methoxy groups -OCH3 is 1. The number of nitrogens with zero attached hydrogens (tertiary/aromatic N) is 2. The number of fused-ring (bicyclic) bond motifs is 3. The van der Waals surface area contributed by atoms with Crippen LogP contribution >= 0.6 is 0 Å². The summed E-state index contributed by atoms with van der Waals surface area (Å²) in [5, 5.41) is 1.32. The molecule has 2 aromatic heterocycles. The summed E-state index contributed by atoms with van der Waals surface area (Å²) in [5.41, 5.74) is 10.4. The average molecular weight is 496 g/mol. The first-order chi connectivity index (χ1) is 18.2. The van der Waals surface area contributed by atoms with Crippen LogP contribution in [0.2, 0.25) is 0 Å². The summed E-state index contributed by atoms with van der Waals surface area (Å²) < 4.78 is 17.9. The third-order valence-corrected chi connectivity index (χ3v) is 7.97. The zero-order chi connectivity index (χ0) is 25.2. The van der Waals surface area contributed by atoms with Crippen molar-refractivity contribution in [2.24, 2.45) is 5.92 Å². The maximum atomic E-state index is 12.5. The lowest BCUT2D eigenvalue weighted by Crippen LogP contribution is -2.47. The molecule has 0 amide bonds. The van der Waals surface area contributed by atoms with Crippen LogP contribution in [0.5, 0.6) is 5.88 Å². The topological polar surface area (TPSA) is 41.1 Å². The summed E-state index contributed by atoms with van der Waals surface area (Å²) in [6, 6.07) is 20.1. The van der Waals surface area contributed by atoms with E-state index >= 15 is 0 Å². The number of allylic oxidation sites excluding steroid dienone is 1. The van der Waals surface area contributed by atoms with E-state index in [0.717, 1.165) is 45.3 Å². The zero-order valence-corrected chi connectivity index (χ0v) is 21.5. The first kappa shape index (κ1) is 23.9. The van der Waals surface area contributed by atoms with Gasteiger partial charge in [0.1, 0.15) is 0 Å². The molecule has 1 aliphatic heterocycles. The predicted molar refractivity (Wildman–Crippen MR) is 149 cm³/mol. The number of likely N-dealkylation sites (tertiary alicyclic amines) is 1. The van der Waals surface area contributed by atoms with E-state index < -0.39 is 0 Å². The first-order valence-electron chi connectivity index (χ1n) is 13.4. The van der Waals surface area contributed by atoms with Gasteiger partial charge in [0.05, 0.1) is 13.8 Å². The van der Waals surface area contributed by atoms with Gasteiger partial charge in [0.25, 0.3) is 0 Å². The molecule has 4 aromatic rings. The quantitative estimate of drug-likeness (QED) is 0.296. The standard InChI is InChI=1S/C32H34FN3O/c1-37-31-19-25(12-15-35-31)26-4-2-5-27-28-13-16-34-30(28)11-10-29(27)32(26)24-8-6-22(7-9-24)18-23-20-36(21-23)17-3-14-33/h6-13,15-16,19,23,34H,2-5,14,17-18,20-21H2,1H3. The third-order valence-electron chi connectivity index (χ3n) is 7.97. The molecular weight excluding hydrogens is 461 g/mol. The molecule has 2 aromatic carbocycles. The number of nitrogens with one attached hydrogen (secondary N) is 1. The van der Waals surface area contributed by atoms with E-state index in [2.05, 4.69) is 69.5 Å². The van der Waals surface area contributed by atoms with Crippen molar-refractivity contribution in [2.45, 2.75) is 32.1 Å². The molecule has 6 rings (SSSR count). The Balaban J connectivity index is 1.37. The molecule has 0 bridgehead atoms. The Morgan fingerprint density at radius 2 is 1.89 bits per heavy atom. The molecule has 1 aliphatic carbocycles. The highest BCUT2D eigenvalue weighted by molar-refractivity contribution is 6.02. The van der Waals surface area contributed by atoms with Gasteiger partial charge >= 0.3 is 0 Å². The van der Waals surface area contributed by atoms with E-state index in [4.69, 9.17) is 4.74 Å². The van der Waals surface area contributed by atoms with Crippen LogP contribution in [-0.2, 0) is 12.8 Å². The highest BCUT2D eigenvalue weighted by Crippen LogP contribution is 2.42. The highest BCUT2D eigenvalue weighted by atomic mass is 19.1. The van der Waals surface area contributed by atoms with Gasteiger partial charge in [0.2, 0.25) is 5.88 Å². The Morgan fingerprint density at radius 3 is 2.70 bits per heavy atom. The number of aromatic nitrogens is 2. The van der Waals surface area contributed by atoms with Crippen LogP contribution in [0, 0.1) is 5.92 Å². The molecule has 0 atom stereocenters. The summed E-state index contributed by atoms with van der Waals surface area (Å²) in [4.78, 5) is 10.1. The molecule has 2 aliphatic rings. The fourth-order valence-corrected chi connectivity index (χ4v) is 6.17. The molecule has 1 saturated heterocycles. The molecule has 0 radical (unpaired) electrons. The number of H-pyrrole nitrogens is 1. The maximum Gasteiger partial charge on any atom is 0.213 e. The minimum atomic E-state index is -0.217. The monoisotopic (exact) mass is 495 g/mol.